The molecule has 6 nitrogen and oxygen atoms in total. The highest BCUT2D eigenvalue weighted by Gasteiger charge is 2.16. The molecule has 26 heavy (non-hydrogen) atoms. The third-order valence-electron chi connectivity index (χ3n) is 3.79. The van der Waals surface area contributed by atoms with Crippen LogP contribution in [0.3, 0.4) is 0 Å². The molecule has 0 aliphatic carbocycles. The lowest BCUT2D eigenvalue weighted by atomic mass is 10.1. The number of rotatable bonds is 3. The van der Waals surface area contributed by atoms with Crippen LogP contribution in [-0.2, 0) is 6.42 Å². The first-order chi connectivity index (χ1) is 12.5. The van der Waals surface area contributed by atoms with Gasteiger partial charge in [-0.2, -0.15) is 9.37 Å². The van der Waals surface area contributed by atoms with E-state index in [2.05, 4.69) is 19.9 Å². The lowest BCUT2D eigenvalue weighted by molar-refractivity contribution is 0.409. The van der Waals surface area contributed by atoms with Gasteiger partial charge in [0.15, 0.2) is 11.5 Å². The van der Waals surface area contributed by atoms with Crippen molar-refractivity contribution in [2.75, 3.05) is 0 Å². The van der Waals surface area contributed by atoms with E-state index in [1.165, 1.54) is 18.5 Å². The summed E-state index contributed by atoms with van der Waals surface area (Å²) in [4.78, 5) is 16.2. The van der Waals surface area contributed by atoms with E-state index in [-0.39, 0.29) is 23.8 Å². The zero-order valence-corrected chi connectivity index (χ0v) is 13.8. The molecule has 0 aliphatic heterocycles. The van der Waals surface area contributed by atoms with Crippen LogP contribution in [-0.4, -0.2) is 29.4 Å². The van der Waals surface area contributed by atoms with Crippen molar-refractivity contribution in [1.29, 1.82) is 0 Å². The Labute approximate surface area is 150 Å². The highest BCUT2D eigenvalue weighted by atomic mass is 35.5. The zero-order chi connectivity index (χ0) is 18.3. The molecule has 0 atom stereocenters. The normalized spacial score (nSPS) is 11.2. The SMILES string of the molecule is Oc1nc(-c2cn3c(Cl)cnc3c(Cc3ccccc3F)n2)ncc1F. The van der Waals surface area contributed by atoms with Crippen molar-refractivity contribution >= 4 is 17.2 Å². The first-order valence-corrected chi connectivity index (χ1v) is 7.88. The molecule has 130 valence electrons. The lowest BCUT2D eigenvalue weighted by Crippen LogP contribution is -2.04. The summed E-state index contributed by atoms with van der Waals surface area (Å²) in [5, 5.41) is 9.79. The molecule has 1 aromatic carbocycles. The van der Waals surface area contributed by atoms with Crippen molar-refractivity contribution in [2.24, 2.45) is 0 Å². The second kappa shape index (κ2) is 6.30. The van der Waals surface area contributed by atoms with Crippen LogP contribution in [0.2, 0.25) is 5.15 Å². The van der Waals surface area contributed by atoms with Crippen molar-refractivity contribution in [3.63, 3.8) is 0 Å². The van der Waals surface area contributed by atoms with Crippen molar-refractivity contribution in [2.45, 2.75) is 6.42 Å². The predicted octanol–water partition coefficient (Wildman–Crippen LogP) is 3.41. The number of halogens is 3. The summed E-state index contributed by atoms with van der Waals surface area (Å²) in [5.41, 5.74) is 1.56. The third-order valence-corrected chi connectivity index (χ3v) is 4.07. The van der Waals surface area contributed by atoms with Gasteiger partial charge in [-0.15, -0.1) is 0 Å². The summed E-state index contributed by atoms with van der Waals surface area (Å²) in [6, 6.07) is 6.32. The Morgan fingerprint density at radius 3 is 2.62 bits per heavy atom. The first kappa shape index (κ1) is 16.3. The van der Waals surface area contributed by atoms with Crippen LogP contribution >= 0.6 is 11.6 Å². The molecule has 0 aliphatic rings. The molecule has 0 bridgehead atoms. The molecule has 9 heteroatoms. The first-order valence-electron chi connectivity index (χ1n) is 7.50. The molecule has 0 saturated carbocycles. The second-order valence-corrected chi connectivity index (χ2v) is 5.87. The van der Waals surface area contributed by atoms with Crippen molar-refractivity contribution in [3.05, 3.63) is 70.9 Å². The second-order valence-electron chi connectivity index (χ2n) is 5.48. The molecule has 0 unspecified atom stereocenters. The van der Waals surface area contributed by atoms with Crippen LogP contribution in [0.15, 0.2) is 42.9 Å². The molecule has 4 rings (SSSR count). The maximum atomic E-state index is 14.0. The van der Waals surface area contributed by atoms with Gasteiger partial charge in [0.05, 0.1) is 18.1 Å². The Bertz CT molecular complexity index is 1130. The molecule has 0 amide bonds. The molecule has 0 saturated heterocycles. The fourth-order valence-corrected chi connectivity index (χ4v) is 2.73. The number of benzene rings is 1. The maximum Gasteiger partial charge on any atom is 0.251 e. The van der Waals surface area contributed by atoms with E-state index >= 15 is 0 Å². The fraction of sp³-hybridized carbons (Fsp3) is 0.0588. The molecule has 3 heterocycles. The highest BCUT2D eigenvalue weighted by molar-refractivity contribution is 6.29. The zero-order valence-electron chi connectivity index (χ0n) is 13.1. The molecule has 0 radical (unpaired) electrons. The van der Waals surface area contributed by atoms with E-state index in [1.807, 2.05) is 0 Å². The molecular formula is C17H10ClF2N5O. The number of hydrogen-bond acceptors (Lipinski definition) is 5. The number of imidazole rings is 1. The van der Waals surface area contributed by atoms with Crippen molar-refractivity contribution < 1.29 is 13.9 Å². The summed E-state index contributed by atoms with van der Waals surface area (Å²) in [5.74, 6) is -2.09. The van der Waals surface area contributed by atoms with Gasteiger partial charge in [0.2, 0.25) is 5.82 Å². The van der Waals surface area contributed by atoms with Gasteiger partial charge in [-0.25, -0.2) is 19.3 Å². The average molecular weight is 374 g/mol. The number of fused-ring (bicyclic) bond motifs is 1. The average Bonchev–Trinajstić information content (AvgIpc) is 3.01. The van der Waals surface area contributed by atoms with Gasteiger partial charge in [-0.1, -0.05) is 29.8 Å². The quantitative estimate of drug-likeness (QED) is 0.595. The Hall–Kier alpha value is -3.13. The Morgan fingerprint density at radius 1 is 1.04 bits per heavy atom. The van der Waals surface area contributed by atoms with Gasteiger partial charge in [0, 0.05) is 12.6 Å². The van der Waals surface area contributed by atoms with E-state index in [0.29, 0.717) is 22.1 Å². The molecule has 4 aromatic rings. The number of hydrogen-bond donors (Lipinski definition) is 1. The summed E-state index contributed by atoms with van der Waals surface area (Å²) < 4.78 is 28.8. The smallest absolute Gasteiger partial charge is 0.251 e. The minimum atomic E-state index is -0.943. The van der Waals surface area contributed by atoms with Crippen LogP contribution in [0, 0.1) is 11.6 Å². The lowest BCUT2D eigenvalue weighted by Gasteiger charge is -2.08. The molecule has 3 aromatic heterocycles. The van der Waals surface area contributed by atoms with Gasteiger partial charge in [0.1, 0.15) is 16.7 Å². The van der Waals surface area contributed by atoms with Crippen LogP contribution in [0.1, 0.15) is 11.3 Å². The largest absolute Gasteiger partial charge is 0.491 e. The maximum absolute atomic E-state index is 14.0. The number of aromatic hydroxyl groups is 1. The monoisotopic (exact) mass is 373 g/mol. The van der Waals surface area contributed by atoms with Crippen molar-refractivity contribution in [3.8, 4) is 17.4 Å². The van der Waals surface area contributed by atoms with Crippen LogP contribution in [0.5, 0.6) is 5.88 Å². The predicted molar refractivity (Wildman–Crippen MR) is 89.9 cm³/mol. The highest BCUT2D eigenvalue weighted by Crippen LogP contribution is 2.24. The van der Waals surface area contributed by atoms with Gasteiger partial charge in [-0.3, -0.25) is 4.40 Å². The third kappa shape index (κ3) is 2.84. The Kier molecular flexibility index (Phi) is 3.96. The fourth-order valence-electron chi connectivity index (χ4n) is 2.55. The minimum Gasteiger partial charge on any atom is -0.491 e. The van der Waals surface area contributed by atoms with Crippen molar-refractivity contribution in [1.82, 2.24) is 24.3 Å². The minimum absolute atomic E-state index is 0.00495. The summed E-state index contributed by atoms with van der Waals surface area (Å²) in [7, 11) is 0. The Morgan fingerprint density at radius 2 is 1.85 bits per heavy atom. The van der Waals surface area contributed by atoms with E-state index < -0.39 is 11.7 Å². The molecule has 0 fully saturated rings. The van der Waals surface area contributed by atoms with E-state index in [4.69, 9.17) is 11.6 Å². The molecular weight excluding hydrogens is 364 g/mol. The summed E-state index contributed by atoms with van der Waals surface area (Å²) in [6.45, 7) is 0. The van der Waals surface area contributed by atoms with Gasteiger partial charge < -0.3 is 5.11 Å². The van der Waals surface area contributed by atoms with Gasteiger partial charge >= 0.3 is 0 Å². The Balaban J connectivity index is 1.89. The van der Waals surface area contributed by atoms with E-state index in [9.17, 15) is 13.9 Å². The summed E-state index contributed by atoms with van der Waals surface area (Å²) >= 11 is 6.14. The summed E-state index contributed by atoms with van der Waals surface area (Å²) in [6.07, 6.45) is 3.96. The number of nitrogens with zero attached hydrogens (tertiary/aromatic N) is 5. The van der Waals surface area contributed by atoms with Crippen LogP contribution < -0.4 is 0 Å². The van der Waals surface area contributed by atoms with E-state index in [0.717, 1.165) is 6.20 Å². The van der Waals surface area contributed by atoms with E-state index in [1.54, 1.807) is 22.6 Å². The van der Waals surface area contributed by atoms with Gasteiger partial charge in [-0.05, 0) is 11.6 Å². The molecule has 1 N–H and O–H groups in total. The van der Waals surface area contributed by atoms with Crippen LogP contribution in [0.25, 0.3) is 17.2 Å². The standard InChI is InChI=1S/C17H10ClF2N5O/c18-14-7-22-16-12(5-9-3-1-2-4-10(9)19)23-13(8-25(14)16)15-21-6-11(20)17(26)24-15/h1-4,6-8H,5H2,(H,21,24,26). The number of aromatic nitrogens is 5. The van der Waals surface area contributed by atoms with Crippen LogP contribution in [0.4, 0.5) is 8.78 Å². The topological polar surface area (TPSA) is 76.2 Å². The van der Waals surface area contributed by atoms with Gasteiger partial charge in [0.25, 0.3) is 5.88 Å². The molecule has 0 spiro atoms.